The molecule has 1 N–H and O–H groups in total. The van der Waals surface area contributed by atoms with Crippen LogP contribution in [0.1, 0.15) is 82.9 Å². The first-order valence-corrected chi connectivity index (χ1v) is 13.6. The quantitative estimate of drug-likeness (QED) is 0.507. The first-order chi connectivity index (χ1) is 17.7. The van der Waals surface area contributed by atoms with E-state index in [-0.39, 0.29) is 23.3 Å². The normalized spacial score (nSPS) is 19.2. The Kier molecular flexibility index (Phi) is 8.39. The number of nitrogens with zero attached hydrogens (tertiary/aromatic N) is 4. The lowest BCUT2D eigenvalue weighted by Gasteiger charge is -2.36. The number of amides is 2. The van der Waals surface area contributed by atoms with E-state index in [2.05, 4.69) is 37.3 Å². The molecule has 7 nitrogen and oxygen atoms in total. The van der Waals surface area contributed by atoms with Crippen LogP contribution < -0.4 is 10.2 Å². The Hall–Kier alpha value is -3.11. The molecule has 2 heterocycles. The molecule has 2 atom stereocenters. The van der Waals surface area contributed by atoms with E-state index >= 15 is 0 Å². The number of rotatable bonds is 6. The number of carbonyl (C=O) groups excluding carboxylic acids is 2. The number of nitriles is 1. The Balaban J connectivity index is 1.82. The number of aromatic nitrogens is 1. The Bertz CT molecular complexity index is 1150. The van der Waals surface area contributed by atoms with Crippen LogP contribution in [0, 0.1) is 11.5 Å². The van der Waals surface area contributed by atoms with Crippen molar-refractivity contribution >= 4 is 29.1 Å². The highest BCUT2D eigenvalue weighted by molar-refractivity contribution is 6.34. The molecule has 2 fully saturated rings. The first-order valence-electron chi connectivity index (χ1n) is 13.2. The van der Waals surface area contributed by atoms with Gasteiger partial charge in [-0.25, -0.2) is 0 Å². The lowest BCUT2D eigenvalue weighted by atomic mass is 9.87. The molecule has 1 aromatic heterocycles. The van der Waals surface area contributed by atoms with Gasteiger partial charge in [-0.1, -0.05) is 63.8 Å². The third kappa shape index (κ3) is 6.07. The predicted molar refractivity (Wildman–Crippen MR) is 145 cm³/mol. The number of likely N-dealkylation sites (tertiary alicyclic amines) is 1. The van der Waals surface area contributed by atoms with Crippen LogP contribution >= 0.6 is 11.6 Å². The molecule has 1 saturated heterocycles. The Morgan fingerprint density at radius 1 is 1.16 bits per heavy atom. The lowest BCUT2D eigenvalue weighted by Crippen LogP contribution is -2.51. The number of halogens is 1. The van der Waals surface area contributed by atoms with Crippen molar-refractivity contribution in [3.05, 3.63) is 58.9 Å². The van der Waals surface area contributed by atoms with E-state index in [0.29, 0.717) is 29.2 Å². The van der Waals surface area contributed by atoms with E-state index in [4.69, 9.17) is 11.6 Å². The molecule has 4 rings (SSSR count). The van der Waals surface area contributed by atoms with Crippen LogP contribution in [0.15, 0.2) is 42.7 Å². The van der Waals surface area contributed by atoms with Crippen molar-refractivity contribution < 1.29 is 9.59 Å². The molecular formula is C29H36ClN5O2. The van der Waals surface area contributed by atoms with Crippen molar-refractivity contribution in [2.45, 2.75) is 89.3 Å². The van der Waals surface area contributed by atoms with Gasteiger partial charge in [0.1, 0.15) is 12.1 Å². The third-order valence-corrected chi connectivity index (χ3v) is 7.74. The maximum atomic E-state index is 14.2. The van der Waals surface area contributed by atoms with Crippen LogP contribution in [0.3, 0.4) is 0 Å². The van der Waals surface area contributed by atoms with Gasteiger partial charge < -0.3 is 5.32 Å². The summed E-state index contributed by atoms with van der Waals surface area (Å²) in [5.74, 6) is -0.567. The van der Waals surface area contributed by atoms with E-state index in [1.54, 1.807) is 18.5 Å². The van der Waals surface area contributed by atoms with Crippen molar-refractivity contribution in [1.29, 1.82) is 5.26 Å². The summed E-state index contributed by atoms with van der Waals surface area (Å²) < 4.78 is 0. The van der Waals surface area contributed by atoms with Gasteiger partial charge in [0.15, 0.2) is 6.19 Å². The Morgan fingerprint density at radius 3 is 2.54 bits per heavy atom. The molecule has 0 spiro atoms. The second kappa shape index (κ2) is 11.5. The summed E-state index contributed by atoms with van der Waals surface area (Å²) >= 11 is 6.86. The molecule has 37 heavy (non-hydrogen) atoms. The van der Waals surface area contributed by atoms with Crippen LogP contribution in [0.25, 0.3) is 0 Å². The zero-order valence-corrected chi connectivity index (χ0v) is 22.7. The smallest absolute Gasteiger partial charge is 0.251 e. The second-order valence-corrected chi connectivity index (χ2v) is 11.5. The number of benzene rings is 1. The molecule has 1 saturated carbocycles. The van der Waals surface area contributed by atoms with Crippen LogP contribution in [0.4, 0.5) is 5.69 Å². The number of anilines is 1. The molecule has 1 aliphatic carbocycles. The van der Waals surface area contributed by atoms with Crippen LogP contribution in [-0.2, 0) is 15.0 Å². The van der Waals surface area contributed by atoms with Crippen LogP contribution in [-0.4, -0.2) is 40.3 Å². The number of nitrogens with one attached hydrogen (secondary N) is 1. The molecule has 0 bridgehead atoms. The largest absolute Gasteiger partial charge is 0.351 e. The van der Waals surface area contributed by atoms with E-state index in [1.807, 2.05) is 24.3 Å². The standard InChI is InChI=1S/C29H36ClN5O2/c1-29(2,3)21-13-14-24(23(30)17-21)35(28(37)25-12-8-16-34(25)19-31)26(20-9-7-15-32-18-20)27(36)33-22-10-5-4-6-11-22/h7,9,13-15,17-18,22,25-26H,4-6,8,10-12,16H2,1-3H3,(H,33,36)/t25-,26?/m1/s1. The van der Waals surface area contributed by atoms with E-state index in [9.17, 15) is 14.9 Å². The summed E-state index contributed by atoms with van der Waals surface area (Å²) in [7, 11) is 0. The predicted octanol–water partition coefficient (Wildman–Crippen LogP) is 5.50. The minimum Gasteiger partial charge on any atom is -0.351 e. The minimum atomic E-state index is -0.970. The van der Waals surface area contributed by atoms with Gasteiger partial charge in [0.25, 0.3) is 5.91 Å². The first kappa shape index (κ1) is 26.9. The van der Waals surface area contributed by atoms with Gasteiger partial charge >= 0.3 is 0 Å². The SMILES string of the molecule is CC(C)(C)c1ccc(N(C(=O)[C@H]2CCCN2C#N)C(C(=O)NC2CCCCC2)c2cccnc2)c(Cl)c1. The average Bonchev–Trinajstić information content (AvgIpc) is 3.37. The lowest BCUT2D eigenvalue weighted by molar-refractivity contribution is -0.128. The summed E-state index contributed by atoms with van der Waals surface area (Å²) in [5.41, 5.74) is 1.94. The van der Waals surface area contributed by atoms with Crippen LogP contribution in [0.5, 0.6) is 0 Å². The van der Waals surface area contributed by atoms with Gasteiger partial charge in [0, 0.05) is 30.5 Å². The van der Waals surface area contributed by atoms with Gasteiger partial charge in [0.05, 0.1) is 10.7 Å². The molecule has 1 aliphatic heterocycles. The molecule has 8 heteroatoms. The summed E-state index contributed by atoms with van der Waals surface area (Å²) in [6.45, 7) is 6.81. The van der Waals surface area contributed by atoms with Gasteiger partial charge in [0.2, 0.25) is 5.91 Å². The zero-order chi connectivity index (χ0) is 26.6. The van der Waals surface area contributed by atoms with Crippen molar-refractivity contribution in [3.8, 4) is 6.19 Å². The summed E-state index contributed by atoms with van der Waals surface area (Å²) in [5, 5.41) is 13.3. The molecule has 1 aromatic carbocycles. The number of hydrogen-bond donors (Lipinski definition) is 1. The van der Waals surface area contributed by atoms with E-state index in [0.717, 1.165) is 37.7 Å². The molecule has 196 valence electrons. The fourth-order valence-electron chi connectivity index (χ4n) is 5.34. The van der Waals surface area contributed by atoms with Crippen LogP contribution in [0.2, 0.25) is 5.02 Å². The molecule has 2 aromatic rings. The summed E-state index contributed by atoms with van der Waals surface area (Å²) in [6.07, 6.45) is 11.9. The maximum absolute atomic E-state index is 14.2. The highest BCUT2D eigenvalue weighted by Crippen LogP contribution is 2.38. The van der Waals surface area contributed by atoms with Crippen molar-refractivity contribution in [1.82, 2.24) is 15.2 Å². The fourth-order valence-corrected chi connectivity index (χ4v) is 5.61. The van der Waals surface area contributed by atoms with Gasteiger partial charge in [-0.15, -0.1) is 0 Å². The maximum Gasteiger partial charge on any atom is 0.251 e. The molecular weight excluding hydrogens is 486 g/mol. The molecule has 2 amide bonds. The molecule has 2 aliphatic rings. The van der Waals surface area contributed by atoms with Gasteiger partial charge in [-0.05, 0) is 54.9 Å². The molecule has 0 radical (unpaired) electrons. The Labute approximate surface area is 224 Å². The van der Waals surface area contributed by atoms with E-state index < -0.39 is 12.1 Å². The highest BCUT2D eigenvalue weighted by atomic mass is 35.5. The number of carbonyl (C=O) groups is 2. The topological polar surface area (TPSA) is 89.3 Å². The minimum absolute atomic E-state index is 0.0678. The second-order valence-electron chi connectivity index (χ2n) is 11.1. The summed E-state index contributed by atoms with van der Waals surface area (Å²) in [4.78, 5) is 35.5. The van der Waals surface area contributed by atoms with Crippen molar-refractivity contribution in [2.75, 3.05) is 11.4 Å². The fraction of sp³-hybridized carbons (Fsp3) is 0.517. The molecule has 1 unspecified atom stereocenters. The average molecular weight is 522 g/mol. The van der Waals surface area contributed by atoms with Gasteiger partial charge in [-0.2, -0.15) is 5.26 Å². The number of hydrogen-bond acceptors (Lipinski definition) is 5. The van der Waals surface area contributed by atoms with E-state index in [1.165, 1.54) is 16.2 Å². The third-order valence-electron chi connectivity index (χ3n) is 7.44. The monoisotopic (exact) mass is 521 g/mol. The summed E-state index contributed by atoms with van der Waals surface area (Å²) in [6, 6.07) is 7.67. The number of pyridine rings is 1. The van der Waals surface area contributed by atoms with Crippen molar-refractivity contribution in [2.24, 2.45) is 0 Å². The zero-order valence-electron chi connectivity index (χ0n) is 21.9. The highest BCUT2D eigenvalue weighted by Gasteiger charge is 2.41. The van der Waals surface area contributed by atoms with Crippen molar-refractivity contribution in [3.63, 3.8) is 0 Å². The Morgan fingerprint density at radius 2 is 1.92 bits per heavy atom. The van der Waals surface area contributed by atoms with Gasteiger partial charge in [-0.3, -0.25) is 24.4 Å².